The van der Waals surface area contributed by atoms with Crippen molar-refractivity contribution in [1.82, 2.24) is 5.48 Å². The predicted octanol–water partition coefficient (Wildman–Crippen LogP) is 7.90. The van der Waals surface area contributed by atoms with Crippen molar-refractivity contribution in [2.45, 2.75) is 71.6 Å². The molecule has 228 valence electrons. The second-order valence-corrected chi connectivity index (χ2v) is 10.5. The lowest BCUT2D eigenvalue weighted by Crippen LogP contribution is -2.20. The molecule has 0 saturated heterocycles. The van der Waals surface area contributed by atoms with Crippen molar-refractivity contribution in [1.29, 1.82) is 0 Å². The number of esters is 1. The Kier molecular flexibility index (Phi) is 16.8. The average molecular weight is 582 g/mol. The second kappa shape index (κ2) is 20.6. The Morgan fingerprint density at radius 3 is 1.21 bits per heavy atom. The number of amides is 1. The first-order valence-electron chi connectivity index (χ1n) is 14.8. The minimum Gasteiger partial charge on any atom is -0.469 e. The zero-order chi connectivity index (χ0) is 29.8. The van der Waals surface area contributed by atoms with E-state index in [1.54, 1.807) is 5.48 Å². The zero-order valence-corrected chi connectivity index (χ0v) is 24.6. The van der Waals surface area contributed by atoms with E-state index in [1.807, 2.05) is 30.3 Å². The van der Waals surface area contributed by atoms with Gasteiger partial charge in [0, 0.05) is 0 Å². The molecule has 4 rings (SSSR count). The summed E-state index contributed by atoms with van der Waals surface area (Å²) in [4.78, 5) is 22.2. The number of carbonyl (C=O) groups is 2. The summed E-state index contributed by atoms with van der Waals surface area (Å²) in [5, 5.41) is 8.49. The van der Waals surface area contributed by atoms with Crippen molar-refractivity contribution < 1.29 is 19.5 Å². The third kappa shape index (κ3) is 14.5. The Morgan fingerprint density at radius 1 is 0.535 bits per heavy atom. The minimum atomic E-state index is -0.384. The van der Waals surface area contributed by atoms with Crippen LogP contribution in [-0.2, 0) is 52.9 Å². The molecule has 2 N–H and O–H groups in total. The summed E-state index contributed by atoms with van der Waals surface area (Å²) in [5.41, 5.74) is 8.99. The van der Waals surface area contributed by atoms with Gasteiger partial charge in [-0.1, -0.05) is 117 Å². The fourth-order valence-corrected chi connectivity index (χ4v) is 4.72. The van der Waals surface area contributed by atoms with E-state index in [0.717, 1.165) is 43.2 Å². The van der Waals surface area contributed by atoms with E-state index in [1.165, 1.54) is 48.6 Å². The van der Waals surface area contributed by atoms with Crippen molar-refractivity contribution in [2.75, 3.05) is 7.11 Å². The highest BCUT2D eigenvalue weighted by atomic mass is 16.5. The summed E-state index contributed by atoms with van der Waals surface area (Å²) < 4.78 is 4.67. The van der Waals surface area contributed by atoms with Crippen molar-refractivity contribution in [3.63, 3.8) is 0 Å². The van der Waals surface area contributed by atoms with Gasteiger partial charge >= 0.3 is 5.97 Å². The zero-order valence-electron chi connectivity index (χ0n) is 24.6. The molecule has 0 aliphatic heterocycles. The molecule has 0 aliphatic carbocycles. The van der Waals surface area contributed by atoms with E-state index in [4.69, 9.17) is 5.21 Å². The van der Waals surface area contributed by atoms with Gasteiger partial charge in [0.15, 0.2) is 0 Å². The Morgan fingerprint density at radius 2 is 0.860 bits per heavy atom. The highest BCUT2D eigenvalue weighted by Gasteiger charge is 2.03. The standard InChI is InChI=1S/C19H22O2.C18H21NO2.CH4/c1-21-19(20)15-18-13-11-17(12-14-18)10-6-5-9-16-7-3-2-4-8-16;20-18(19-21)14-17-12-10-16(11-13-17)9-5-4-8-15-6-2-1-3-7-15;/h2-4,7-8,11-14H,5-6,9-10,15H2,1H3;1-3,6-7,10-13,21H,4-5,8-9,14H2,(H,19,20);1H4. The Balaban J connectivity index is 0.000000293. The van der Waals surface area contributed by atoms with Crippen LogP contribution < -0.4 is 5.48 Å². The molecule has 4 aromatic rings. The number of nitrogens with one attached hydrogen (secondary N) is 1. The van der Waals surface area contributed by atoms with Crippen molar-refractivity contribution >= 4 is 11.9 Å². The first-order valence-corrected chi connectivity index (χ1v) is 14.8. The van der Waals surface area contributed by atoms with Gasteiger partial charge in [0.1, 0.15) is 0 Å². The van der Waals surface area contributed by atoms with Gasteiger partial charge in [0.25, 0.3) is 0 Å². The molecule has 0 unspecified atom stereocenters. The van der Waals surface area contributed by atoms with Crippen LogP contribution in [0.2, 0.25) is 0 Å². The van der Waals surface area contributed by atoms with Gasteiger partial charge in [-0.3, -0.25) is 14.8 Å². The maximum absolute atomic E-state index is 11.2. The fourth-order valence-electron chi connectivity index (χ4n) is 4.72. The van der Waals surface area contributed by atoms with Gasteiger partial charge in [0.05, 0.1) is 20.0 Å². The molecule has 0 atom stereocenters. The van der Waals surface area contributed by atoms with Crippen LogP contribution in [0.1, 0.15) is 66.5 Å². The van der Waals surface area contributed by atoms with Crippen molar-refractivity contribution in [3.05, 3.63) is 143 Å². The lowest BCUT2D eigenvalue weighted by Gasteiger charge is -2.04. The fraction of sp³-hybridized carbons (Fsp3) is 0.316. The summed E-state index contributed by atoms with van der Waals surface area (Å²) in [6.45, 7) is 0. The molecule has 0 fully saturated rings. The van der Waals surface area contributed by atoms with Crippen molar-refractivity contribution in [3.8, 4) is 0 Å². The predicted molar refractivity (Wildman–Crippen MR) is 175 cm³/mol. The highest BCUT2D eigenvalue weighted by Crippen LogP contribution is 2.12. The lowest BCUT2D eigenvalue weighted by atomic mass is 10.0. The summed E-state index contributed by atoms with van der Waals surface area (Å²) in [6.07, 6.45) is 9.69. The largest absolute Gasteiger partial charge is 0.469 e. The van der Waals surface area contributed by atoms with Gasteiger partial charge in [-0.05, 0) is 84.7 Å². The van der Waals surface area contributed by atoms with E-state index in [2.05, 4.69) is 83.6 Å². The maximum Gasteiger partial charge on any atom is 0.309 e. The van der Waals surface area contributed by atoms with Crippen LogP contribution in [0.5, 0.6) is 0 Å². The van der Waals surface area contributed by atoms with Crippen LogP contribution in [0.25, 0.3) is 0 Å². The molecule has 0 heterocycles. The number of aryl methyl sites for hydroxylation is 4. The van der Waals surface area contributed by atoms with Crippen LogP contribution in [0.15, 0.2) is 109 Å². The molecular formula is C38H47NO4. The van der Waals surface area contributed by atoms with Crippen LogP contribution in [0.3, 0.4) is 0 Å². The maximum atomic E-state index is 11.2. The monoisotopic (exact) mass is 581 g/mol. The summed E-state index contributed by atoms with van der Waals surface area (Å²) >= 11 is 0. The molecule has 0 aliphatic rings. The number of benzene rings is 4. The number of hydroxylamine groups is 1. The normalized spacial score (nSPS) is 10.1. The minimum absolute atomic E-state index is 0. The van der Waals surface area contributed by atoms with Crippen LogP contribution in [0, 0.1) is 0 Å². The van der Waals surface area contributed by atoms with Crippen LogP contribution >= 0.6 is 0 Å². The molecule has 0 bridgehead atoms. The Bertz CT molecular complexity index is 1200. The quantitative estimate of drug-likeness (QED) is 0.0687. The molecule has 0 aromatic heterocycles. The van der Waals surface area contributed by atoms with E-state index >= 15 is 0 Å². The topological polar surface area (TPSA) is 75.6 Å². The SMILES string of the molecule is C.COC(=O)Cc1ccc(CCCCc2ccccc2)cc1.O=C(Cc1ccc(CCCCc2ccccc2)cc1)NO. The van der Waals surface area contributed by atoms with E-state index in [-0.39, 0.29) is 25.7 Å². The van der Waals surface area contributed by atoms with Gasteiger partial charge in [0.2, 0.25) is 5.91 Å². The number of rotatable bonds is 14. The third-order valence-corrected chi connectivity index (χ3v) is 7.16. The molecule has 1 amide bonds. The molecular weight excluding hydrogens is 534 g/mol. The molecule has 5 heteroatoms. The van der Waals surface area contributed by atoms with E-state index in [0.29, 0.717) is 6.42 Å². The lowest BCUT2D eigenvalue weighted by molar-refractivity contribution is -0.139. The summed E-state index contributed by atoms with van der Waals surface area (Å²) in [7, 11) is 1.42. The van der Waals surface area contributed by atoms with Gasteiger partial charge < -0.3 is 4.74 Å². The second-order valence-electron chi connectivity index (χ2n) is 10.5. The number of methoxy groups -OCH3 is 1. The number of hydrogen-bond acceptors (Lipinski definition) is 4. The number of ether oxygens (including phenoxy) is 1. The third-order valence-electron chi connectivity index (χ3n) is 7.16. The molecule has 0 saturated carbocycles. The van der Waals surface area contributed by atoms with Crippen molar-refractivity contribution in [2.24, 2.45) is 0 Å². The molecule has 4 aromatic carbocycles. The number of carbonyl (C=O) groups excluding carboxylic acids is 2. The van der Waals surface area contributed by atoms with Gasteiger partial charge in [-0.15, -0.1) is 0 Å². The molecule has 0 radical (unpaired) electrons. The van der Waals surface area contributed by atoms with E-state index < -0.39 is 0 Å². The number of unbranched alkanes of at least 4 members (excludes halogenated alkanes) is 2. The van der Waals surface area contributed by atoms with Gasteiger partial charge in [-0.25, -0.2) is 5.48 Å². The number of hydrogen-bond donors (Lipinski definition) is 2. The van der Waals surface area contributed by atoms with Crippen LogP contribution in [-0.4, -0.2) is 24.2 Å². The summed E-state index contributed by atoms with van der Waals surface area (Å²) in [6, 6.07) is 37.4. The summed E-state index contributed by atoms with van der Waals surface area (Å²) in [5.74, 6) is -0.573. The van der Waals surface area contributed by atoms with Gasteiger partial charge in [-0.2, -0.15) is 0 Å². The Labute approximate surface area is 257 Å². The average Bonchev–Trinajstić information content (AvgIpc) is 3.04. The highest BCUT2D eigenvalue weighted by molar-refractivity contribution is 5.77. The molecule has 43 heavy (non-hydrogen) atoms. The first kappa shape index (κ1) is 35.0. The van der Waals surface area contributed by atoms with E-state index in [9.17, 15) is 9.59 Å². The van der Waals surface area contributed by atoms with Crippen LogP contribution in [0.4, 0.5) is 0 Å². The molecule has 5 nitrogen and oxygen atoms in total. The Hall–Kier alpha value is -4.22. The smallest absolute Gasteiger partial charge is 0.309 e. The first-order chi connectivity index (χ1) is 20.6. The molecule has 0 spiro atoms.